The molecule has 1 aromatic rings. The molecule has 2 heterocycles. The van der Waals surface area contributed by atoms with Crippen molar-refractivity contribution in [1.82, 2.24) is 9.78 Å². The van der Waals surface area contributed by atoms with Crippen LogP contribution < -0.4 is 5.32 Å². The second kappa shape index (κ2) is 4.07. The Morgan fingerprint density at radius 3 is 3.00 bits per heavy atom. The highest BCUT2D eigenvalue weighted by Crippen LogP contribution is 2.14. The predicted octanol–water partition coefficient (Wildman–Crippen LogP) is 1.81. The van der Waals surface area contributed by atoms with Crippen LogP contribution in [0.15, 0.2) is 6.07 Å². The summed E-state index contributed by atoms with van der Waals surface area (Å²) < 4.78 is 1.82. The summed E-state index contributed by atoms with van der Waals surface area (Å²) in [4.78, 5) is 10.9. The van der Waals surface area contributed by atoms with Gasteiger partial charge in [0, 0.05) is 13.9 Å². The van der Waals surface area contributed by atoms with Gasteiger partial charge in [0.05, 0.1) is 12.2 Å². The molecule has 0 bridgehead atoms. The first-order chi connectivity index (χ1) is 6.25. The Morgan fingerprint density at radius 1 is 1.62 bits per heavy atom. The van der Waals surface area contributed by atoms with Crippen molar-refractivity contribution in [3.05, 3.63) is 11.8 Å². The molecule has 13 heavy (non-hydrogen) atoms. The van der Waals surface area contributed by atoms with E-state index in [9.17, 15) is 4.79 Å². The minimum absolute atomic E-state index is 0. The van der Waals surface area contributed by atoms with Crippen LogP contribution in [-0.2, 0) is 11.3 Å². The van der Waals surface area contributed by atoms with Gasteiger partial charge in [-0.1, -0.05) is 13.8 Å². The molecule has 4 nitrogen and oxygen atoms in total. The SMILES string of the molecule is CC.Cc1cc2n(n1)CCC(=O)N2.[HH]. The zero-order chi connectivity index (χ0) is 9.84. The molecule has 1 aliphatic heterocycles. The highest BCUT2D eigenvalue weighted by Gasteiger charge is 2.14. The number of hydrogen-bond acceptors (Lipinski definition) is 2. The highest BCUT2D eigenvalue weighted by molar-refractivity contribution is 5.91. The van der Waals surface area contributed by atoms with Crippen LogP contribution in [0.5, 0.6) is 0 Å². The molecule has 74 valence electrons. The monoisotopic (exact) mass is 183 g/mol. The third kappa shape index (κ3) is 2.08. The lowest BCUT2D eigenvalue weighted by molar-refractivity contribution is -0.116. The van der Waals surface area contributed by atoms with E-state index in [1.54, 1.807) is 0 Å². The summed E-state index contributed by atoms with van der Waals surface area (Å²) in [5, 5.41) is 6.93. The van der Waals surface area contributed by atoms with Gasteiger partial charge in [0.25, 0.3) is 0 Å². The normalized spacial score (nSPS) is 13.9. The molecule has 0 aromatic carbocycles. The van der Waals surface area contributed by atoms with Gasteiger partial charge in [-0.25, -0.2) is 4.68 Å². The van der Waals surface area contributed by atoms with Crippen LogP contribution in [0.1, 0.15) is 27.4 Å². The summed E-state index contributed by atoms with van der Waals surface area (Å²) in [6, 6.07) is 1.87. The van der Waals surface area contributed by atoms with Gasteiger partial charge in [-0.05, 0) is 6.92 Å². The van der Waals surface area contributed by atoms with E-state index in [1.165, 1.54) is 0 Å². The first-order valence-electron chi connectivity index (χ1n) is 4.60. The van der Waals surface area contributed by atoms with Gasteiger partial charge in [0.15, 0.2) is 0 Å². The van der Waals surface area contributed by atoms with Crippen molar-refractivity contribution in [3.63, 3.8) is 0 Å². The molecule has 1 aliphatic rings. The van der Waals surface area contributed by atoms with Gasteiger partial charge < -0.3 is 5.32 Å². The summed E-state index contributed by atoms with van der Waals surface area (Å²) in [5.41, 5.74) is 0.946. The van der Waals surface area contributed by atoms with E-state index in [0.717, 1.165) is 11.5 Å². The fraction of sp³-hybridized carbons (Fsp3) is 0.556. The largest absolute Gasteiger partial charge is 0.311 e. The summed E-state index contributed by atoms with van der Waals surface area (Å²) >= 11 is 0. The van der Waals surface area contributed by atoms with Crippen LogP contribution >= 0.6 is 0 Å². The second-order valence-corrected chi connectivity index (χ2v) is 2.69. The molecular weight excluding hydrogens is 166 g/mol. The van der Waals surface area contributed by atoms with Crippen molar-refractivity contribution in [2.45, 2.75) is 33.7 Å². The predicted molar refractivity (Wildman–Crippen MR) is 53.7 cm³/mol. The minimum atomic E-state index is 0. The summed E-state index contributed by atoms with van der Waals surface area (Å²) in [6.07, 6.45) is 0.536. The molecule has 1 amide bonds. The van der Waals surface area contributed by atoms with Crippen LogP contribution in [-0.4, -0.2) is 15.7 Å². The van der Waals surface area contributed by atoms with Gasteiger partial charge in [0.2, 0.25) is 5.91 Å². The number of anilines is 1. The van der Waals surface area contributed by atoms with Crippen molar-refractivity contribution in [2.75, 3.05) is 5.32 Å². The van der Waals surface area contributed by atoms with Crippen LogP contribution in [0, 0.1) is 6.92 Å². The molecule has 1 aromatic heterocycles. The maximum Gasteiger partial charge on any atom is 0.227 e. The Morgan fingerprint density at radius 2 is 2.31 bits per heavy atom. The summed E-state index contributed by atoms with van der Waals surface area (Å²) in [6.45, 7) is 6.62. The molecule has 0 saturated carbocycles. The fourth-order valence-electron chi connectivity index (χ4n) is 1.23. The van der Waals surface area contributed by atoms with E-state index in [0.29, 0.717) is 13.0 Å². The number of aromatic nitrogens is 2. The van der Waals surface area contributed by atoms with E-state index in [2.05, 4.69) is 10.4 Å². The van der Waals surface area contributed by atoms with Crippen LogP contribution in [0.25, 0.3) is 0 Å². The van der Waals surface area contributed by atoms with E-state index in [4.69, 9.17) is 0 Å². The van der Waals surface area contributed by atoms with Crippen molar-refractivity contribution in [2.24, 2.45) is 0 Å². The van der Waals surface area contributed by atoms with Gasteiger partial charge in [-0.2, -0.15) is 5.10 Å². The Hall–Kier alpha value is -1.32. The molecule has 0 aliphatic carbocycles. The molecule has 0 fully saturated rings. The smallest absolute Gasteiger partial charge is 0.227 e. The lowest BCUT2D eigenvalue weighted by atomic mass is 10.3. The third-order valence-corrected chi connectivity index (χ3v) is 1.72. The van der Waals surface area contributed by atoms with E-state index < -0.39 is 0 Å². The minimum Gasteiger partial charge on any atom is -0.311 e. The Labute approximate surface area is 79.4 Å². The average molecular weight is 183 g/mol. The lowest BCUT2D eigenvalue weighted by Crippen LogP contribution is -2.23. The molecule has 0 radical (unpaired) electrons. The van der Waals surface area contributed by atoms with Crippen LogP contribution in [0.4, 0.5) is 5.82 Å². The summed E-state index contributed by atoms with van der Waals surface area (Å²) in [7, 11) is 0. The third-order valence-electron chi connectivity index (χ3n) is 1.72. The number of aryl methyl sites for hydroxylation is 2. The van der Waals surface area contributed by atoms with Crippen LogP contribution in [0.3, 0.4) is 0 Å². The lowest BCUT2D eigenvalue weighted by Gasteiger charge is -2.13. The van der Waals surface area contributed by atoms with E-state index in [-0.39, 0.29) is 7.33 Å². The average Bonchev–Trinajstić information content (AvgIpc) is 2.48. The molecule has 2 rings (SSSR count). The molecule has 1 N–H and O–H groups in total. The molecule has 0 saturated heterocycles. The standard InChI is InChI=1S/C7H9N3O.C2H6.H2/c1-5-4-6-8-7(11)2-3-10(6)9-5;1-2;/h4H,2-3H2,1H3,(H,8,11);1-2H3;1H. The molecule has 0 spiro atoms. The van der Waals surface area contributed by atoms with Gasteiger partial charge in [-0.3, -0.25) is 4.79 Å². The molecule has 0 unspecified atom stereocenters. The fourth-order valence-corrected chi connectivity index (χ4v) is 1.23. The van der Waals surface area contributed by atoms with Crippen molar-refractivity contribution >= 4 is 11.7 Å². The van der Waals surface area contributed by atoms with Crippen LogP contribution in [0.2, 0.25) is 0 Å². The topological polar surface area (TPSA) is 46.9 Å². The maximum atomic E-state index is 10.9. The zero-order valence-corrected chi connectivity index (χ0v) is 8.29. The quantitative estimate of drug-likeness (QED) is 0.666. The van der Waals surface area contributed by atoms with Gasteiger partial charge in [-0.15, -0.1) is 0 Å². The number of carbonyl (C=O) groups is 1. The maximum absolute atomic E-state index is 10.9. The first-order valence-corrected chi connectivity index (χ1v) is 4.60. The highest BCUT2D eigenvalue weighted by atomic mass is 16.1. The Kier molecular flexibility index (Phi) is 3.06. The number of fused-ring (bicyclic) bond motifs is 1. The number of rotatable bonds is 0. The van der Waals surface area contributed by atoms with Gasteiger partial charge >= 0.3 is 0 Å². The first kappa shape index (κ1) is 9.77. The second-order valence-electron chi connectivity index (χ2n) is 2.69. The Balaban J connectivity index is 0.000000531. The molecule has 0 atom stereocenters. The molecule has 4 heteroatoms. The van der Waals surface area contributed by atoms with E-state index in [1.807, 2.05) is 31.5 Å². The number of hydrogen-bond donors (Lipinski definition) is 1. The van der Waals surface area contributed by atoms with Crippen molar-refractivity contribution < 1.29 is 6.22 Å². The van der Waals surface area contributed by atoms with Crippen molar-refractivity contribution in [3.8, 4) is 0 Å². The van der Waals surface area contributed by atoms with E-state index >= 15 is 0 Å². The Bertz CT molecular complexity index is 309. The number of amides is 1. The van der Waals surface area contributed by atoms with Gasteiger partial charge in [0.1, 0.15) is 5.82 Å². The summed E-state index contributed by atoms with van der Waals surface area (Å²) in [5.74, 6) is 0.899. The molecular formula is C9H17N3O. The zero-order valence-electron chi connectivity index (χ0n) is 8.29. The number of nitrogens with one attached hydrogen (secondary N) is 1. The number of nitrogens with zero attached hydrogens (tertiary/aromatic N) is 2. The number of carbonyl (C=O) groups excluding carboxylic acids is 1. The van der Waals surface area contributed by atoms with Crippen molar-refractivity contribution in [1.29, 1.82) is 0 Å².